The van der Waals surface area contributed by atoms with E-state index in [4.69, 9.17) is 5.11 Å². The fourth-order valence-corrected chi connectivity index (χ4v) is 1.31. The maximum Gasteiger partial charge on any atom is 0.328 e. The van der Waals surface area contributed by atoms with Crippen LogP contribution in [0.3, 0.4) is 0 Å². The van der Waals surface area contributed by atoms with Gasteiger partial charge in [-0.1, -0.05) is 17.8 Å². The minimum atomic E-state index is -0.938. The van der Waals surface area contributed by atoms with Gasteiger partial charge in [0, 0.05) is 11.8 Å². The lowest BCUT2D eigenvalue weighted by molar-refractivity contribution is -0.131. The second-order valence-electron chi connectivity index (χ2n) is 2.26. The first-order chi connectivity index (χ1) is 6.18. The molecule has 0 bridgehead atoms. The van der Waals surface area contributed by atoms with Crippen LogP contribution in [-0.2, 0) is 4.79 Å². The van der Waals surface area contributed by atoms with E-state index < -0.39 is 5.97 Å². The average Bonchev–Trinajstić information content (AvgIpc) is 2.45. The summed E-state index contributed by atoms with van der Waals surface area (Å²) >= 11 is 1.38. The number of nitrogens with one attached hydrogen (secondary N) is 1. The van der Waals surface area contributed by atoms with Gasteiger partial charge in [-0.15, -0.1) is 5.10 Å². The lowest BCUT2D eigenvalue weighted by atomic mass is 10.5. The fourth-order valence-electron chi connectivity index (χ4n) is 0.658. The molecule has 1 aromatic heterocycles. The Bertz CT molecular complexity index is 321. The quantitative estimate of drug-likeness (QED) is 0.555. The van der Waals surface area contributed by atoms with E-state index in [0.717, 1.165) is 11.9 Å². The predicted octanol–water partition coefficient (Wildman–Crippen LogP) is 0.846. The number of thioether (sulfide) groups is 1. The Morgan fingerprint density at radius 2 is 2.54 bits per heavy atom. The van der Waals surface area contributed by atoms with Crippen molar-refractivity contribution in [1.29, 1.82) is 0 Å². The third kappa shape index (κ3) is 3.75. The molecule has 0 fully saturated rings. The van der Waals surface area contributed by atoms with Gasteiger partial charge in [0.1, 0.15) is 5.82 Å². The Balaban J connectivity index is 2.31. The summed E-state index contributed by atoms with van der Waals surface area (Å²) in [6.45, 7) is 1.81. The number of aryl methyl sites for hydroxylation is 1. The molecule has 0 amide bonds. The van der Waals surface area contributed by atoms with Crippen LogP contribution < -0.4 is 0 Å². The van der Waals surface area contributed by atoms with Crippen LogP contribution in [0.2, 0.25) is 0 Å². The van der Waals surface area contributed by atoms with Crippen molar-refractivity contribution in [3.8, 4) is 0 Å². The van der Waals surface area contributed by atoms with Crippen molar-refractivity contribution in [2.24, 2.45) is 0 Å². The van der Waals surface area contributed by atoms with Crippen molar-refractivity contribution < 1.29 is 9.90 Å². The van der Waals surface area contributed by atoms with E-state index in [9.17, 15) is 4.79 Å². The number of hydrogen-bond acceptors (Lipinski definition) is 4. The molecule has 13 heavy (non-hydrogen) atoms. The Morgan fingerprint density at radius 3 is 3.08 bits per heavy atom. The first kappa shape index (κ1) is 9.79. The summed E-state index contributed by atoms with van der Waals surface area (Å²) in [7, 11) is 0. The molecular formula is C7H9N3O2S. The molecule has 0 aromatic carbocycles. The highest BCUT2D eigenvalue weighted by molar-refractivity contribution is 7.99. The first-order valence-electron chi connectivity index (χ1n) is 3.60. The van der Waals surface area contributed by atoms with Crippen molar-refractivity contribution in [3.05, 3.63) is 18.0 Å². The van der Waals surface area contributed by atoms with Gasteiger partial charge in [0.15, 0.2) is 0 Å². The second-order valence-corrected chi connectivity index (χ2v) is 3.24. The Hall–Kier alpha value is -1.30. The van der Waals surface area contributed by atoms with E-state index in [0.29, 0.717) is 10.9 Å². The third-order valence-electron chi connectivity index (χ3n) is 1.15. The highest BCUT2D eigenvalue weighted by Gasteiger charge is 1.97. The van der Waals surface area contributed by atoms with Crippen molar-refractivity contribution in [1.82, 2.24) is 15.2 Å². The molecule has 1 aromatic rings. The summed E-state index contributed by atoms with van der Waals surface area (Å²) < 4.78 is 0. The monoisotopic (exact) mass is 199 g/mol. The molecule has 0 unspecified atom stereocenters. The topological polar surface area (TPSA) is 78.9 Å². The highest BCUT2D eigenvalue weighted by atomic mass is 32.2. The minimum Gasteiger partial charge on any atom is -0.478 e. The lowest BCUT2D eigenvalue weighted by Gasteiger charge is -1.86. The molecule has 2 N–H and O–H groups in total. The molecular weight excluding hydrogens is 190 g/mol. The number of hydrogen-bond donors (Lipinski definition) is 2. The predicted molar refractivity (Wildman–Crippen MR) is 48.6 cm³/mol. The van der Waals surface area contributed by atoms with E-state index in [1.165, 1.54) is 11.8 Å². The standard InChI is InChI=1S/C7H9N3O2S/c1-5-8-7(10-9-5)13-4-2-3-6(11)12/h2-3H,4H2,1H3,(H,11,12)(H,8,9,10). The number of carbonyl (C=O) groups is 1. The summed E-state index contributed by atoms with van der Waals surface area (Å²) in [6.07, 6.45) is 2.66. The molecule has 5 nitrogen and oxygen atoms in total. The van der Waals surface area contributed by atoms with Crippen LogP contribution in [0.15, 0.2) is 17.3 Å². The van der Waals surface area contributed by atoms with Gasteiger partial charge in [0.25, 0.3) is 0 Å². The summed E-state index contributed by atoms with van der Waals surface area (Å²) in [4.78, 5) is 14.1. The lowest BCUT2D eigenvalue weighted by Crippen LogP contribution is -1.86. The largest absolute Gasteiger partial charge is 0.478 e. The fraction of sp³-hybridized carbons (Fsp3) is 0.286. The average molecular weight is 199 g/mol. The SMILES string of the molecule is Cc1nc(SCC=CC(=O)O)n[nH]1. The van der Waals surface area contributed by atoms with Gasteiger partial charge in [-0.25, -0.2) is 9.78 Å². The van der Waals surface area contributed by atoms with E-state index in [2.05, 4.69) is 15.2 Å². The zero-order valence-corrected chi connectivity index (χ0v) is 7.84. The van der Waals surface area contributed by atoms with E-state index in [-0.39, 0.29) is 0 Å². The van der Waals surface area contributed by atoms with Gasteiger partial charge < -0.3 is 5.11 Å². The first-order valence-corrected chi connectivity index (χ1v) is 4.58. The molecule has 0 aliphatic heterocycles. The number of aromatic nitrogens is 3. The van der Waals surface area contributed by atoms with Crippen molar-refractivity contribution in [2.45, 2.75) is 12.1 Å². The Kier molecular flexibility index (Phi) is 3.51. The number of aromatic amines is 1. The molecule has 0 aliphatic carbocycles. The van der Waals surface area contributed by atoms with Crippen LogP contribution in [0.25, 0.3) is 0 Å². The number of carboxylic acid groups (broad SMARTS) is 1. The summed E-state index contributed by atoms with van der Waals surface area (Å²) in [6, 6.07) is 0. The molecule has 6 heteroatoms. The second kappa shape index (κ2) is 4.66. The molecule has 0 saturated heterocycles. The molecule has 0 saturated carbocycles. The zero-order valence-electron chi connectivity index (χ0n) is 7.02. The van der Waals surface area contributed by atoms with Crippen LogP contribution in [0, 0.1) is 6.92 Å². The van der Waals surface area contributed by atoms with Gasteiger partial charge >= 0.3 is 5.97 Å². The number of rotatable bonds is 4. The van der Waals surface area contributed by atoms with E-state index in [1.807, 2.05) is 6.92 Å². The van der Waals surface area contributed by atoms with Crippen molar-refractivity contribution >= 4 is 17.7 Å². The molecule has 70 valence electrons. The molecule has 0 radical (unpaired) electrons. The number of H-pyrrole nitrogens is 1. The number of aliphatic carboxylic acids is 1. The summed E-state index contributed by atoms with van der Waals surface area (Å²) in [5, 5.41) is 15.5. The minimum absolute atomic E-state index is 0.559. The van der Waals surface area contributed by atoms with Crippen molar-refractivity contribution in [3.63, 3.8) is 0 Å². The molecule has 0 atom stereocenters. The highest BCUT2D eigenvalue weighted by Crippen LogP contribution is 2.11. The van der Waals surface area contributed by atoms with Crippen molar-refractivity contribution in [2.75, 3.05) is 5.75 Å². The number of nitrogens with zero attached hydrogens (tertiary/aromatic N) is 2. The Labute approximate surface area is 79.3 Å². The number of carboxylic acids is 1. The van der Waals surface area contributed by atoms with E-state index >= 15 is 0 Å². The maximum atomic E-state index is 10.1. The molecule has 0 spiro atoms. The zero-order chi connectivity index (χ0) is 9.68. The van der Waals surface area contributed by atoms with Gasteiger partial charge in [-0.2, -0.15) is 0 Å². The van der Waals surface area contributed by atoms with Gasteiger partial charge in [-0.05, 0) is 6.92 Å². The molecule has 0 aliphatic rings. The van der Waals surface area contributed by atoms with Crippen LogP contribution in [0.5, 0.6) is 0 Å². The smallest absolute Gasteiger partial charge is 0.328 e. The Morgan fingerprint density at radius 1 is 1.77 bits per heavy atom. The van der Waals surface area contributed by atoms with Gasteiger partial charge in [0.05, 0.1) is 0 Å². The van der Waals surface area contributed by atoms with Crippen LogP contribution >= 0.6 is 11.8 Å². The summed E-state index contributed by atoms with van der Waals surface area (Å²) in [5.74, 6) is 0.375. The van der Waals surface area contributed by atoms with Crippen LogP contribution in [0.4, 0.5) is 0 Å². The van der Waals surface area contributed by atoms with Crippen LogP contribution in [-0.4, -0.2) is 32.0 Å². The maximum absolute atomic E-state index is 10.1. The van der Waals surface area contributed by atoms with Gasteiger partial charge in [0.2, 0.25) is 5.16 Å². The van der Waals surface area contributed by atoms with Gasteiger partial charge in [-0.3, -0.25) is 5.10 Å². The third-order valence-corrected chi connectivity index (χ3v) is 1.95. The normalized spacial score (nSPS) is 10.8. The summed E-state index contributed by atoms with van der Waals surface area (Å²) in [5.41, 5.74) is 0. The van der Waals surface area contributed by atoms with Crippen LogP contribution in [0.1, 0.15) is 5.82 Å². The molecule has 1 heterocycles. The van der Waals surface area contributed by atoms with E-state index in [1.54, 1.807) is 6.08 Å². The molecule has 1 rings (SSSR count).